The topological polar surface area (TPSA) is 69.8 Å². The van der Waals surface area contributed by atoms with Gasteiger partial charge in [-0.2, -0.15) is 5.26 Å². The van der Waals surface area contributed by atoms with Crippen molar-refractivity contribution in [1.29, 1.82) is 5.26 Å². The molecule has 1 amide bonds. The molecule has 2 aromatic carbocycles. The Bertz CT molecular complexity index is 1010. The second kappa shape index (κ2) is 5.43. The van der Waals surface area contributed by atoms with E-state index in [0.29, 0.717) is 18.5 Å². The number of hydrogen-bond donors (Lipinski definition) is 2. The maximum absolute atomic E-state index is 11.8. The Labute approximate surface area is 139 Å². The molecular formula is C19H16N4O. The largest absolute Gasteiger partial charge is 0.382 e. The third-order valence-corrected chi connectivity index (χ3v) is 4.44. The maximum Gasteiger partial charge on any atom is 0.226 e. The van der Waals surface area contributed by atoms with Gasteiger partial charge in [-0.3, -0.25) is 4.79 Å². The Balaban J connectivity index is 1.93. The number of rotatable bonds is 1. The summed E-state index contributed by atoms with van der Waals surface area (Å²) in [4.78, 5) is 11.8. The second-order valence-corrected chi connectivity index (χ2v) is 5.93. The third kappa shape index (κ3) is 2.20. The summed E-state index contributed by atoms with van der Waals surface area (Å²) in [6.07, 6.45) is 0.453. The molecule has 4 rings (SSSR count). The molecule has 1 aromatic heterocycles. The van der Waals surface area contributed by atoms with Gasteiger partial charge < -0.3 is 15.2 Å². The zero-order chi connectivity index (χ0) is 16.7. The summed E-state index contributed by atoms with van der Waals surface area (Å²) in [7, 11) is 1.99. The SMILES string of the molecule is Cn1c(-c2cccc3c2NCCC(=O)N3)cc2ccc(C#N)cc21. The lowest BCUT2D eigenvalue weighted by Crippen LogP contribution is -2.10. The number of hydrogen-bond acceptors (Lipinski definition) is 3. The number of aromatic nitrogens is 1. The summed E-state index contributed by atoms with van der Waals surface area (Å²) < 4.78 is 2.08. The molecule has 1 aliphatic rings. The second-order valence-electron chi connectivity index (χ2n) is 5.93. The highest BCUT2D eigenvalue weighted by molar-refractivity contribution is 6.00. The smallest absolute Gasteiger partial charge is 0.226 e. The van der Waals surface area contributed by atoms with Crippen LogP contribution in [0.3, 0.4) is 0 Å². The fourth-order valence-electron chi connectivity index (χ4n) is 3.23. The van der Waals surface area contributed by atoms with E-state index < -0.39 is 0 Å². The van der Waals surface area contributed by atoms with Gasteiger partial charge in [0.1, 0.15) is 0 Å². The molecule has 0 unspecified atom stereocenters. The molecule has 0 fully saturated rings. The standard InChI is InChI=1S/C19H16N4O/c1-23-16-9-12(11-20)5-6-13(16)10-17(23)14-3-2-4-15-19(14)21-8-7-18(24)22-15/h2-6,9-10,21H,7-8H2,1H3,(H,22,24). The van der Waals surface area contributed by atoms with Crippen LogP contribution in [0.15, 0.2) is 42.5 Å². The van der Waals surface area contributed by atoms with E-state index in [-0.39, 0.29) is 5.91 Å². The van der Waals surface area contributed by atoms with Crippen molar-refractivity contribution >= 4 is 28.2 Å². The molecule has 5 nitrogen and oxygen atoms in total. The number of benzene rings is 2. The first kappa shape index (κ1) is 14.3. The van der Waals surface area contributed by atoms with Gasteiger partial charge in [-0.15, -0.1) is 0 Å². The van der Waals surface area contributed by atoms with E-state index in [4.69, 9.17) is 5.26 Å². The predicted octanol–water partition coefficient (Wildman–Crippen LogP) is 3.47. The molecule has 5 heteroatoms. The zero-order valence-electron chi connectivity index (χ0n) is 13.3. The average molecular weight is 316 g/mol. The monoisotopic (exact) mass is 316 g/mol. The first-order chi connectivity index (χ1) is 11.7. The van der Waals surface area contributed by atoms with Crippen LogP contribution in [-0.2, 0) is 11.8 Å². The Morgan fingerprint density at radius 3 is 2.92 bits per heavy atom. The first-order valence-corrected chi connectivity index (χ1v) is 7.84. The van der Waals surface area contributed by atoms with E-state index in [0.717, 1.165) is 33.5 Å². The van der Waals surface area contributed by atoms with Gasteiger partial charge in [-0.05, 0) is 24.3 Å². The molecule has 2 N–H and O–H groups in total. The first-order valence-electron chi connectivity index (χ1n) is 7.84. The van der Waals surface area contributed by atoms with Gasteiger partial charge in [0.2, 0.25) is 5.91 Å². The van der Waals surface area contributed by atoms with Crippen molar-refractivity contribution in [1.82, 2.24) is 4.57 Å². The molecule has 3 aromatic rings. The van der Waals surface area contributed by atoms with Gasteiger partial charge in [0.05, 0.1) is 28.7 Å². The van der Waals surface area contributed by atoms with Crippen molar-refractivity contribution in [2.75, 3.05) is 17.2 Å². The number of carbonyl (C=O) groups is 1. The molecule has 1 aliphatic heterocycles. The fraction of sp³-hybridized carbons (Fsp3) is 0.158. The normalized spacial score (nSPS) is 13.6. The molecular weight excluding hydrogens is 300 g/mol. The molecule has 118 valence electrons. The van der Waals surface area contributed by atoms with E-state index in [1.165, 1.54) is 0 Å². The van der Waals surface area contributed by atoms with Crippen molar-refractivity contribution in [2.45, 2.75) is 6.42 Å². The molecule has 0 atom stereocenters. The van der Waals surface area contributed by atoms with Crippen LogP contribution in [0.4, 0.5) is 11.4 Å². The van der Waals surface area contributed by atoms with E-state index >= 15 is 0 Å². The minimum Gasteiger partial charge on any atom is -0.382 e. The van der Waals surface area contributed by atoms with Crippen LogP contribution < -0.4 is 10.6 Å². The van der Waals surface area contributed by atoms with Crippen molar-refractivity contribution < 1.29 is 4.79 Å². The van der Waals surface area contributed by atoms with Gasteiger partial charge in [0.15, 0.2) is 0 Å². The van der Waals surface area contributed by atoms with Crippen molar-refractivity contribution in [3.8, 4) is 17.3 Å². The summed E-state index contributed by atoms with van der Waals surface area (Å²) in [5.74, 6) is 0.0223. The third-order valence-electron chi connectivity index (χ3n) is 4.44. The summed E-state index contributed by atoms with van der Waals surface area (Å²) in [6.45, 7) is 0.609. The van der Waals surface area contributed by atoms with Crippen LogP contribution >= 0.6 is 0 Å². The van der Waals surface area contributed by atoms with Gasteiger partial charge in [0.25, 0.3) is 0 Å². The van der Waals surface area contributed by atoms with Crippen LogP contribution in [0.2, 0.25) is 0 Å². The quantitative estimate of drug-likeness (QED) is 0.722. The lowest BCUT2D eigenvalue weighted by Gasteiger charge is -2.14. The number of anilines is 2. The Morgan fingerprint density at radius 1 is 1.21 bits per heavy atom. The summed E-state index contributed by atoms with van der Waals surface area (Å²) >= 11 is 0. The molecule has 0 aliphatic carbocycles. The number of aryl methyl sites for hydroxylation is 1. The molecule has 0 bridgehead atoms. The highest BCUT2D eigenvalue weighted by Crippen LogP contribution is 2.37. The number of nitriles is 1. The minimum absolute atomic E-state index is 0.0223. The lowest BCUT2D eigenvalue weighted by atomic mass is 10.1. The number of amides is 1. The predicted molar refractivity (Wildman–Crippen MR) is 94.8 cm³/mol. The van der Waals surface area contributed by atoms with Crippen LogP contribution in [-0.4, -0.2) is 17.0 Å². The van der Waals surface area contributed by atoms with Crippen LogP contribution in [0.1, 0.15) is 12.0 Å². The van der Waals surface area contributed by atoms with Crippen molar-refractivity contribution in [2.24, 2.45) is 7.05 Å². The number of carbonyl (C=O) groups excluding carboxylic acids is 1. The Hall–Kier alpha value is -3.26. The van der Waals surface area contributed by atoms with Gasteiger partial charge in [-0.1, -0.05) is 18.2 Å². The number of fused-ring (bicyclic) bond motifs is 2. The summed E-state index contributed by atoms with van der Waals surface area (Å²) in [5, 5.41) is 16.5. The van der Waals surface area contributed by atoms with E-state index in [1.54, 1.807) is 0 Å². The number of nitrogens with one attached hydrogen (secondary N) is 2. The maximum atomic E-state index is 11.8. The molecule has 0 spiro atoms. The highest BCUT2D eigenvalue weighted by atomic mass is 16.1. The summed E-state index contributed by atoms with van der Waals surface area (Å²) in [5.41, 5.74) is 5.48. The van der Waals surface area contributed by atoms with E-state index in [1.807, 2.05) is 43.4 Å². The van der Waals surface area contributed by atoms with Crippen molar-refractivity contribution in [3.05, 3.63) is 48.0 Å². The summed E-state index contributed by atoms with van der Waals surface area (Å²) in [6, 6.07) is 15.9. The van der Waals surface area contributed by atoms with E-state index in [2.05, 4.69) is 27.3 Å². The van der Waals surface area contributed by atoms with Gasteiger partial charge >= 0.3 is 0 Å². The molecule has 0 radical (unpaired) electrons. The van der Waals surface area contributed by atoms with Crippen LogP contribution in [0.25, 0.3) is 22.2 Å². The number of para-hydroxylation sites is 1. The van der Waals surface area contributed by atoms with Crippen LogP contribution in [0.5, 0.6) is 0 Å². The van der Waals surface area contributed by atoms with Crippen LogP contribution in [0, 0.1) is 11.3 Å². The zero-order valence-corrected chi connectivity index (χ0v) is 13.3. The number of nitrogens with zero attached hydrogens (tertiary/aromatic N) is 2. The van der Waals surface area contributed by atoms with Gasteiger partial charge in [-0.25, -0.2) is 0 Å². The lowest BCUT2D eigenvalue weighted by molar-refractivity contribution is -0.115. The minimum atomic E-state index is 0.0223. The average Bonchev–Trinajstić information content (AvgIpc) is 2.79. The highest BCUT2D eigenvalue weighted by Gasteiger charge is 2.18. The van der Waals surface area contributed by atoms with Gasteiger partial charge in [0, 0.05) is 36.5 Å². The Kier molecular flexibility index (Phi) is 3.24. The van der Waals surface area contributed by atoms with E-state index in [9.17, 15) is 4.79 Å². The molecule has 24 heavy (non-hydrogen) atoms. The molecule has 2 heterocycles. The fourth-order valence-corrected chi connectivity index (χ4v) is 3.23. The van der Waals surface area contributed by atoms with Crippen molar-refractivity contribution in [3.63, 3.8) is 0 Å². The Morgan fingerprint density at radius 2 is 2.08 bits per heavy atom. The molecule has 0 saturated carbocycles. The molecule has 0 saturated heterocycles.